The van der Waals surface area contributed by atoms with E-state index in [0.717, 1.165) is 6.26 Å². The number of ether oxygens (including phenoxy) is 1. The van der Waals surface area contributed by atoms with Gasteiger partial charge in [0.25, 0.3) is 0 Å². The highest BCUT2D eigenvalue weighted by Gasteiger charge is 2.13. The summed E-state index contributed by atoms with van der Waals surface area (Å²) < 4.78 is 27.6. The highest BCUT2D eigenvalue weighted by atomic mass is 32.2. The monoisotopic (exact) mass is 318 g/mol. The predicted octanol–water partition coefficient (Wildman–Crippen LogP) is 2.13. The molecule has 0 aliphatic carbocycles. The molecular formula is C16H14O5S. The van der Waals surface area contributed by atoms with Gasteiger partial charge < -0.3 is 4.74 Å². The van der Waals surface area contributed by atoms with Crippen LogP contribution in [-0.4, -0.2) is 33.0 Å². The van der Waals surface area contributed by atoms with E-state index in [2.05, 4.69) is 0 Å². The minimum absolute atomic E-state index is 0.130. The highest BCUT2D eigenvalue weighted by molar-refractivity contribution is 7.90. The topological polar surface area (TPSA) is 77.5 Å². The lowest BCUT2D eigenvalue weighted by Gasteiger charge is -2.05. The van der Waals surface area contributed by atoms with Gasteiger partial charge in [-0.25, -0.2) is 13.2 Å². The first-order valence-electron chi connectivity index (χ1n) is 6.43. The first-order valence-corrected chi connectivity index (χ1v) is 8.32. The predicted molar refractivity (Wildman–Crippen MR) is 80.6 cm³/mol. The number of esters is 1. The Morgan fingerprint density at radius 3 is 2.05 bits per heavy atom. The second kappa shape index (κ2) is 6.53. The van der Waals surface area contributed by atoms with Gasteiger partial charge in [-0.2, -0.15) is 0 Å². The van der Waals surface area contributed by atoms with Gasteiger partial charge in [0.15, 0.2) is 22.2 Å². The molecule has 0 amide bonds. The summed E-state index contributed by atoms with van der Waals surface area (Å²) in [7, 11) is -3.30. The fraction of sp³-hybridized carbons (Fsp3) is 0.125. The van der Waals surface area contributed by atoms with E-state index in [1.807, 2.05) is 0 Å². The lowest BCUT2D eigenvalue weighted by atomic mass is 10.1. The average molecular weight is 318 g/mol. The second-order valence-corrected chi connectivity index (χ2v) is 6.68. The third kappa shape index (κ3) is 4.02. The molecule has 0 saturated heterocycles. The molecule has 2 aromatic carbocycles. The minimum atomic E-state index is -3.30. The molecule has 0 heterocycles. The van der Waals surface area contributed by atoms with Crippen molar-refractivity contribution in [2.45, 2.75) is 4.90 Å². The quantitative estimate of drug-likeness (QED) is 0.623. The van der Waals surface area contributed by atoms with Crippen molar-refractivity contribution >= 4 is 21.6 Å². The summed E-state index contributed by atoms with van der Waals surface area (Å²) in [6.07, 6.45) is 1.09. The number of hydrogen-bond acceptors (Lipinski definition) is 5. The van der Waals surface area contributed by atoms with Crippen molar-refractivity contribution < 1.29 is 22.7 Å². The molecule has 114 valence electrons. The van der Waals surface area contributed by atoms with Gasteiger partial charge in [0.1, 0.15) is 0 Å². The second-order valence-electron chi connectivity index (χ2n) is 4.66. The summed E-state index contributed by atoms with van der Waals surface area (Å²) in [6, 6.07) is 13.8. The largest absolute Gasteiger partial charge is 0.454 e. The fourth-order valence-electron chi connectivity index (χ4n) is 1.76. The van der Waals surface area contributed by atoms with Crippen LogP contribution in [0.3, 0.4) is 0 Å². The zero-order valence-corrected chi connectivity index (χ0v) is 12.7. The van der Waals surface area contributed by atoms with Gasteiger partial charge in [-0.3, -0.25) is 4.79 Å². The number of carbonyl (C=O) groups is 2. The number of rotatable bonds is 5. The number of hydrogen-bond donors (Lipinski definition) is 0. The molecule has 0 spiro atoms. The number of sulfone groups is 1. The van der Waals surface area contributed by atoms with Crippen LogP contribution in [0.2, 0.25) is 0 Å². The van der Waals surface area contributed by atoms with Crippen LogP contribution in [-0.2, 0) is 14.6 Å². The molecule has 0 saturated carbocycles. The highest BCUT2D eigenvalue weighted by Crippen LogP contribution is 2.11. The third-order valence-corrected chi connectivity index (χ3v) is 4.08. The zero-order valence-electron chi connectivity index (χ0n) is 11.9. The SMILES string of the molecule is CS(=O)(=O)c1ccc(C(=O)COC(=O)c2ccccc2)cc1. The summed E-state index contributed by atoms with van der Waals surface area (Å²) in [5, 5.41) is 0. The zero-order chi connectivity index (χ0) is 16.2. The number of ketones is 1. The average Bonchev–Trinajstić information content (AvgIpc) is 2.52. The van der Waals surface area contributed by atoms with Crippen molar-refractivity contribution in [1.29, 1.82) is 0 Å². The van der Waals surface area contributed by atoms with Crippen molar-refractivity contribution in [2.75, 3.05) is 12.9 Å². The van der Waals surface area contributed by atoms with Crippen molar-refractivity contribution in [3.63, 3.8) is 0 Å². The molecule has 0 aliphatic heterocycles. The van der Waals surface area contributed by atoms with E-state index in [1.54, 1.807) is 30.3 Å². The van der Waals surface area contributed by atoms with E-state index in [1.165, 1.54) is 24.3 Å². The Bertz CT molecular complexity index is 777. The van der Waals surface area contributed by atoms with Crippen LogP contribution in [0.15, 0.2) is 59.5 Å². The van der Waals surface area contributed by atoms with Crippen molar-refractivity contribution in [3.05, 3.63) is 65.7 Å². The lowest BCUT2D eigenvalue weighted by molar-refractivity contribution is 0.0475. The maximum atomic E-state index is 11.9. The van der Waals surface area contributed by atoms with E-state index in [4.69, 9.17) is 4.74 Å². The third-order valence-electron chi connectivity index (χ3n) is 2.95. The van der Waals surface area contributed by atoms with E-state index >= 15 is 0 Å². The summed E-state index contributed by atoms with van der Waals surface area (Å²) in [4.78, 5) is 23.8. The first kappa shape index (κ1) is 15.9. The molecule has 0 atom stereocenters. The van der Waals surface area contributed by atoms with Crippen LogP contribution >= 0.6 is 0 Å². The van der Waals surface area contributed by atoms with Crippen LogP contribution in [0.5, 0.6) is 0 Å². The van der Waals surface area contributed by atoms with Gasteiger partial charge in [0.2, 0.25) is 0 Å². The Kier molecular flexibility index (Phi) is 4.72. The Morgan fingerprint density at radius 1 is 0.909 bits per heavy atom. The minimum Gasteiger partial charge on any atom is -0.454 e. The van der Waals surface area contributed by atoms with Gasteiger partial charge in [-0.15, -0.1) is 0 Å². The molecule has 2 aromatic rings. The molecule has 0 unspecified atom stereocenters. The summed E-state index contributed by atoms with van der Waals surface area (Å²) >= 11 is 0. The number of Topliss-reactive ketones (excluding diaryl/α,β-unsaturated/α-hetero) is 1. The van der Waals surface area contributed by atoms with Gasteiger partial charge in [0.05, 0.1) is 10.5 Å². The molecule has 0 bridgehead atoms. The first-order chi connectivity index (χ1) is 10.4. The maximum absolute atomic E-state index is 11.9. The van der Waals surface area contributed by atoms with Gasteiger partial charge in [-0.05, 0) is 36.4 Å². The van der Waals surface area contributed by atoms with Gasteiger partial charge in [-0.1, -0.05) is 18.2 Å². The van der Waals surface area contributed by atoms with E-state index in [0.29, 0.717) is 5.56 Å². The van der Waals surface area contributed by atoms with Crippen LogP contribution < -0.4 is 0 Å². The van der Waals surface area contributed by atoms with Crippen molar-refractivity contribution in [3.8, 4) is 0 Å². The Labute approximate surface area is 128 Å². The standard InChI is InChI=1S/C16H14O5S/c1-22(19,20)14-9-7-12(8-10-14)15(17)11-21-16(18)13-5-3-2-4-6-13/h2-10H,11H2,1H3. The van der Waals surface area contributed by atoms with Gasteiger partial charge in [0, 0.05) is 11.8 Å². The van der Waals surface area contributed by atoms with Crippen LogP contribution in [0, 0.1) is 0 Å². The maximum Gasteiger partial charge on any atom is 0.338 e. The fourth-order valence-corrected chi connectivity index (χ4v) is 2.39. The molecule has 0 aromatic heterocycles. The molecule has 2 rings (SSSR count). The summed E-state index contributed by atoms with van der Waals surface area (Å²) in [6.45, 7) is -0.397. The van der Waals surface area contributed by atoms with Gasteiger partial charge >= 0.3 is 5.97 Å². The van der Waals surface area contributed by atoms with Crippen molar-refractivity contribution in [2.24, 2.45) is 0 Å². The molecular weight excluding hydrogens is 304 g/mol. The molecule has 22 heavy (non-hydrogen) atoms. The molecule has 0 N–H and O–H groups in total. The summed E-state index contributed by atoms with van der Waals surface area (Å²) in [5.41, 5.74) is 0.649. The van der Waals surface area contributed by atoms with E-state index < -0.39 is 28.2 Å². The van der Waals surface area contributed by atoms with E-state index in [9.17, 15) is 18.0 Å². The normalized spacial score (nSPS) is 11.0. The lowest BCUT2D eigenvalue weighted by Crippen LogP contribution is -2.14. The van der Waals surface area contributed by atoms with Crippen LogP contribution in [0.4, 0.5) is 0 Å². The Hall–Kier alpha value is -2.47. The van der Waals surface area contributed by atoms with Crippen molar-refractivity contribution in [1.82, 2.24) is 0 Å². The molecule has 0 fully saturated rings. The molecule has 0 aliphatic rings. The molecule has 0 radical (unpaired) electrons. The Balaban J connectivity index is 2.00. The van der Waals surface area contributed by atoms with E-state index in [-0.39, 0.29) is 10.5 Å². The number of carbonyl (C=O) groups excluding carboxylic acids is 2. The summed E-state index contributed by atoms with van der Waals surface area (Å²) in [5.74, 6) is -0.981. The molecule has 5 nitrogen and oxygen atoms in total. The molecule has 6 heteroatoms. The number of benzene rings is 2. The van der Waals surface area contributed by atoms with Crippen LogP contribution in [0.1, 0.15) is 20.7 Å². The van der Waals surface area contributed by atoms with Crippen LogP contribution in [0.25, 0.3) is 0 Å². The smallest absolute Gasteiger partial charge is 0.338 e. The Morgan fingerprint density at radius 2 is 1.50 bits per heavy atom.